The van der Waals surface area contributed by atoms with Crippen LogP contribution in [0, 0.1) is 0 Å². The van der Waals surface area contributed by atoms with Gasteiger partial charge in [-0.05, 0) is 40.5 Å². The summed E-state index contributed by atoms with van der Waals surface area (Å²) in [6, 6.07) is 0. The summed E-state index contributed by atoms with van der Waals surface area (Å²) in [5.74, 6) is 0.582. The van der Waals surface area contributed by atoms with Crippen LogP contribution in [-0.4, -0.2) is 33.4 Å². The SMILES string of the molecule is CC(C)(O)C(C)(C)OB(O)c1cnc(C2CC2)s1. The van der Waals surface area contributed by atoms with E-state index in [-0.39, 0.29) is 0 Å². The van der Waals surface area contributed by atoms with Gasteiger partial charge in [-0.2, -0.15) is 0 Å². The molecule has 18 heavy (non-hydrogen) atoms. The molecule has 1 aliphatic carbocycles. The van der Waals surface area contributed by atoms with Gasteiger partial charge in [-0.25, -0.2) is 4.98 Å². The average molecular weight is 269 g/mol. The summed E-state index contributed by atoms with van der Waals surface area (Å²) in [5.41, 5.74) is -1.87. The van der Waals surface area contributed by atoms with E-state index >= 15 is 0 Å². The third kappa shape index (κ3) is 2.94. The van der Waals surface area contributed by atoms with Gasteiger partial charge in [0.05, 0.1) is 21.0 Å². The molecule has 4 nitrogen and oxygen atoms in total. The van der Waals surface area contributed by atoms with Gasteiger partial charge in [0.1, 0.15) is 0 Å². The zero-order valence-electron chi connectivity index (χ0n) is 11.3. The van der Waals surface area contributed by atoms with Crippen LogP contribution < -0.4 is 4.78 Å². The summed E-state index contributed by atoms with van der Waals surface area (Å²) in [6.45, 7) is 6.86. The molecular formula is C12H20BNO3S. The van der Waals surface area contributed by atoms with Crippen LogP contribution in [0.25, 0.3) is 0 Å². The number of rotatable bonds is 5. The summed E-state index contributed by atoms with van der Waals surface area (Å²) in [4.78, 5) is 4.31. The Kier molecular flexibility index (Phi) is 3.57. The van der Waals surface area contributed by atoms with Crippen molar-refractivity contribution < 1.29 is 14.8 Å². The molecule has 0 bridgehead atoms. The van der Waals surface area contributed by atoms with E-state index < -0.39 is 18.3 Å². The highest BCUT2D eigenvalue weighted by Gasteiger charge is 2.40. The van der Waals surface area contributed by atoms with E-state index in [2.05, 4.69) is 4.98 Å². The van der Waals surface area contributed by atoms with Gasteiger partial charge in [0.2, 0.25) is 0 Å². The minimum absolute atomic E-state index is 0.582. The predicted molar refractivity (Wildman–Crippen MR) is 73.2 cm³/mol. The molecule has 0 unspecified atom stereocenters. The molecule has 100 valence electrons. The van der Waals surface area contributed by atoms with Crippen molar-refractivity contribution in [1.82, 2.24) is 4.98 Å². The van der Waals surface area contributed by atoms with E-state index in [0.29, 0.717) is 10.7 Å². The fourth-order valence-electron chi connectivity index (χ4n) is 1.42. The van der Waals surface area contributed by atoms with Crippen molar-refractivity contribution in [2.24, 2.45) is 0 Å². The number of aromatic nitrogens is 1. The van der Waals surface area contributed by atoms with Crippen LogP contribution in [0.3, 0.4) is 0 Å². The monoisotopic (exact) mass is 269 g/mol. The van der Waals surface area contributed by atoms with E-state index in [1.165, 1.54) is 24.2 Å². The summed E-state index contributed by atoms with van der Waals surface area (Å²) in [6.07, 6.45) is 4.06. The first kappa shape index (κ1) is 14.0. The van der Waals surface area contributed by atoms with Gasteiger partial charge in [0.15, 0.2) is 0 Å². The third-order valence-corrected chi connectivity index (χ3v) is 4.78. The third-order valence-electron chi connectivity index (χ3n) is 3.59. The standard InChI is InChI=1S/C12H20BNO3S/c1-11(2,15)12(3,4)17-13(16)9-7-14-10(18-9)8-5-6-8/h7-8,15-16H,5-6H2,1-4H3. The van der Waals surface area contributed by atoms with Crippen LogP contribution in [0.5, 0.6) is 0 Å². The van der Waals surface area contributed by atoms with E-state index in [4.69, 9.17) is 4.65 Å². The van der Waals surface area contributed by atoms with Gasteiger partial charge < -0.3 is 14.8 Å². The van der Waals surface area contributed by atoms with Gasteiger partial charge in [0, 0.05) is 12.1 Å². The highest BCUT2D eigenvalue weighted by atomic mass is 32.1. The van der Waals surface area contributed by atoms with Gasteiger partial charge >= 0.3 is 7.12 Å². The Balaban J connectivity index is 2.04. The number of hydrogen-bond acceptors (Lipinski definition) is 5. The predicted octanol–water partition coefficient (Wildman–Crippen LogP) is 1.27. The molecule has 0 radical (unpaired) electrons. The molecule has 0 saturated heterocycles. The zero-order valence-corrected chi connectivity index (χ0v) is 12.1. The van der Waals surface area contributed by atoms with Crippen LogP contribution >= 0.6 is 11.3 Å². The second-order valence-corrected chi connectivity index (χ2v) is 7.01. The van der Waals surface area contributed by atoms with Crippen molar-refractivity contribution in [3.05, 3.63) is 11.2 Å². The van der Waals surface area contributed by atoms with Gasteiger partial charge in [0.25, 0.3) is 0 Å². The maximum absolute atomic E-state index is 10.1. The lowest BCUT2D eigenvalue weighted by molar-refractivity contribution is -0.0981. The summed E-state index contributed by atoms with van der Waals surface area (Å²) >= 11 is 1.50. The Bertz CT molecular complexity index is 423. The summed E-state index contributed by atoms with van der Waals surface area (Å²) in [7, 11) is -1.03. The molecule has 1 heterocycles. The lowest BCUT2D eigenvalue weighted by atomic mass is 9.82. The molecular weight excluding hydrogens is 249 g/mol. The maximum atomic E-state index is 10.1. The molecule has 1 fully saturated rings. The largest absolute Gasteiger partial charge is 0.503 e. The Hall–Kier alpha value is -0.425. The minimum atomic E-state index is -1.03. The van der Waals surface area contributed by atoms with Gasteiger partial charge in [-0.15, -0.1) is 11.3 Å². The quantitative estimate of drug-likeness (QED) is 0.790. The molecule has 1 aliphatic rings. The van der Waals surface area contributed by atoms with Crippen molar-refractivity contribution in [2.45, 2.75) is 57.7 Å². The summed E-state index contributed by atoms with van der Waals surface area (Å²) in [5, 5.41) is 21.1. The first-order chi connectivity index (χ1) is 8.21. The Morgan fingerprint density at radius 2 is 2.00 bits per heavy atom. The first-order valence-corrected chi connectivity index (χ1v) is 7.06. The van der Waals surface area contributed by atoms with Crippen LogP contribution in [0.2, 0.25) is 0 Å². The Labute approximate surface area is 112 Å². The van der Waals surface area contributed by atoms with Crippen LogP contribution in [0.1, 0.15) is 51.5 Å². The molecule has 0 aromatic carbocycles. The van der Waals surface area contributed by atoms with Crippen molar-refractivity contribution in [2.75, 3.05) is 0 Å². The molecule has 0 spiro atoms. The molecule has 0 aliphatic heterocycles. The van der Waals surface area contributed by atoms with Gasteiger partial charge in [-0.3, -0.25) is 0 Å². The zero-order chi connectivity index (χ0) is 13.6. The minimum Gasteiger partial charge on any atom is -0.422 e. The van der Waals surface area contributed by atoms with Crippen molar-refractivity contribution in [1.29, 1.82) is 0 Å². The maximum Gasteiger partial charge on any atom is 0.503 e. The molecule has 2 N–H and O–H groups in total. The van der Waals surface area contributed by atoms with Crippen LogP contribution in [0.4, 0.5) is 0 Å². The summed E-state index contributed by atoms with van der Waals surface area (Å²) < 4.78 is 6.28. The van der Waals surface area contributed by atoms with Gasteiger partial charge in [-0.1, -0.05) is 0 Å². The Morgan fingerprint density at radius 3 is 2.50 bits per heavy atom. The second-order valence-electron chi connectivity index (χ2n) is 5.91. The lowest BCUT2D eigenvalue weighted by Gasteiger charge is -2.38. The Morgan fingerprint density at radius 1 is 1.39 bits per heavy atom. The number of hydrogen-bond donors (Lipinski definition) is 2. The molecule has 0 amide bonds. The molecule has 1 aromatic heterocycles. The fourth-order valence-corrected chi connectivity index (χ4v) is 2.42. The van der Waals surface area contributed by atoms with E-state index in [1.807, 2.05) is 0 Å². The normalized spacial score (nSPS) is 17.0. The first-order valence-electron chi connectivity index (χ1n) is 6.24. The van der Waals surface area contributed by atoms with E-state index in [0.717, 1.165) is 5.01 Å². The molecule has 1 saturated carbocycles. The fraction of sp³-hybridized carbons (Fsp3) is 0.750. The molecule has 6 heteroatoms. The van der Waals surface area contributed by atoms with Crippen molar-refractivity contribution >= 4 is 23.2 Å². The molecule has 0 atom stereocenters. The topological polar surface area (TPSA) is 62.6 Å². The highest BCUT2D eigenvalue weighted by molar-refractivity contribution is 7.22. The molecule has 2 rings (SSSR count). The second kappa shape index (κ2) is 4.60. The van der Waals surface area contributed by atoms with Crippen molar-refractivity contribution in [3.63, 3.8) is 0 Å². The van der Waals surface area contributed by atoms with E-state index in [1.54, 1.807) is 33.9 Å². The van der Waals surface area contributed by atoms with Crippen LogP contribution in [0.15, 0.2) is 6.20 Å². The number of aliphatic hydroxyl groups is 1. The molecule has 1 aromatic rings. The average Bonchev–Trinajstić information content (AvgIpc) is 2.94. The highest BCUT2D eigenvalue weighted by Crippen LogP contribution is 2.40. The number of nitrogens with zero attached hydrogens (tertiary/aromatic N) is 1. The smallest absolute Gasteiger partial charge is 0.422 e. The lowest BCUT2D eigenvalue weighted by Crippen LogP contribution is -2.52. The number of thiazole rings is 1. The van der Waals surface area contributed by atoms with Crippen molar-refractivity contribution in [3.8, 4) is 0 Å². The van der Waals surface area contributed by atoms with E-state index in [9.17, 15) is 10.1 Å². The van der Waals surface area contributed by atoms with Crippen LogP contribution in [-0.2, 0) is 4.65 Å².